The molecule has 0 aromatic heterocycles. The van der Waals surface area contributed by atoms with Crippen LogP contribution >= 0.6 is 0 Å². The van der Waals surface area contributed by atoms with E-state index in [1.165, 1.54) is 0 Å². The number of nitrogens with two attached hydrogens (primary N) is 1. The van der Waals surface area contributed by atoms with E-state index in [4.69, 9.17) is 10.8 Å². The molecule has 3 nitrogen and oxygen atoms in total. The van der Waals surface area contributed by atoms with Gasteiger partial charge < -0.3 is 15.9 Å². The SMILES string of the molecule is NCC(O)CCc1ccc(O)cc1. The van der Waals surface area contributed by atoms with Gasteiger partial charge in [-0.2, -0.15) is 0 Å². The molecule has 13 heavy (non-hydrogen) atoms. The molecule has 0 fully saturated rings. The fraction of sp³-hybridized carbons (Fsp3) is 0.400. The number of aromatic hydroxyl groups is 1. The highest BCUT2D eigenvalue weighted by molar-refractivity contribution is 5.25. The van der Waals surface area contributed by atoms with E-state index in [2.05, 4.69) is 0 Å². The van der Waals surface area contributed by atoms with Crippen LogP contribution in [-0.4, -0.2) is 22.9 Å². The first-order valence-electron chi connectivity index (χ1n) is 4.38. The number of hydrogen-bond acceptors (Lipinski definition) is 3. The summed E-state index contributed by atoms with van der Waals surface area (Å²) in [7, 11) is 0. The quantitative estimate of drug-likeness (QED) is 0.638. The standard InChI is InChI=1S/C10H15NO2/c11-7-10(13)6-3-8-1-4-9(12)5-2-8/h1-2,4-5,10,12-13H,3,6-7,11H2. The van der Waals surface area contributed by atoms with Crippen molar-refractivity contribution in [2.24, 2.45) is 5.73 Å². The molecule has 1 aromatic rings. The lowest BCUT2D eigenvalue weighted by molar-refractivity contribution is 0.173. The Morgan fingerprint density at radius 2 is 1.85 bits per heavy atom. The number of phenols is 1. The van der Waals surface area contributed by atoms with Gasteiger partial charge in [0.25, 0.3) is 0 Å². The number of rotatable bonds is 4. The van der Waals surface area contributed by atoms with Crippen molar-refractivity contribution in [2.45, 2.75) is 18.9 Å². The highest BCUT2D eigenvalue weighted by Gasteiger charge is 2.01. The topological polar surface area (TPSA) is 66.5 Å². The molecular formula is C10H15NO2. The zero-order chi connectivity index (χ0) is 9.68. The zero-order valence-electron chi connectivity index (χ0n) is 7.48. The molecule has 0 aliphatic carbocycles. The molecule has 1 unspecified atom stereocenters. The molecule has 0 bridgehead atoms. The third kappa shape index (κ3) is 3.44. The molecule has 0 radical (unpaired) electrons. The van der Waals surface area contributed by atoms with Crippen LogP contribution in [0.5, 0.6) is 5.75 Å². The van der Waals surface area contributed by atoms with Crippen molar-refractivity contribution < 1.29 is 10.2 Å². The van der Waals surface area contributed by atoms with E-state index >= 15 is 0 Å². The average molecular weight is 181 g/mol. The highest BCUT2D eigenvalue weighted by atomic mass is 16.3. The maximum atomic E-state index is 9.20. The molecule has 1 aromatic carbocycles. The molecule has 72 valence electrons. The molecule has 0 heterocycles. The summed E-state index contributed by atoms with van der Waals surface area (Å²) >= 11 is 0. The summed E-state index contributed by atoms with van der Waals surface area (Å²) in [6, 6.07) is 6.98. The van der Waals surface area contributed by atoms with E-state index < -0.39 is 6.10 Å². The van der Waals surface area contributed by atoms with Crippen molar-refractivity contribution in [2.75, 3.05) is 6.54 Å². The second kappa shape index (κ2) is 4.84. The third-order valence-electron chi connectivity index (χ3n) is 1.97. The Hall–Kier alpha value is -1.06. The van der Waals surface area contributed by atoms with Gasteiger partial charge in [-0.15, -0.1) is 0 Å². The Morgan fingerprint density at radius 3 is 2.38 bits per heavy atom. The lowest BCUT2D eigenvalue weighted by Crippen LogP contribution is -2.20. The van der Waals surface area contributed by atoms with Gasteiger partial charge in [-0.1, -0.05) is 12.1 Å². The van der Waals surface area contributed by atoms with E-state index in [0.29, 0.717) is 13.0 Å². The predicted molar refractivity (Wildman–Crippen MR) is 51.5 cm³/mol. The van der Waals surface area contributed by atoms with Crippen molar-refractivity contribution in [3.8, 4) is 5.75 Å². The minimum absolute atomic E-state index is 0.267. The van der Waals surface area contributed by atoms with Crippen LogP contribution in [0.25, 0.3) is 0 Å². The molecule has 4 N–H and O–H groups in total. The molecule has 1 atom stereocenters. The Labute approximate surface area is 77.8 Å². The monoisotopic (exact) mass is 181 g/mol. The van der Waals surface area contributed by atoms with Gasteiger partial charge in [0.1, 0.15) is 5.75 Å². The van der Waals surface area contributed by atoms with Crippen molar-refractivity contribution in [1.82, 2.24) is 0 Å². The fourth-order valence-electron chi connectivity index (χ4n) is 1.11. The van der Waals surface area contributed by atoms with Crippen LogP contribution in [0.3, 0.4) is 0 Å². The second-order valence-electron chi connectivity index (χ2n) is 3.09. The van der Waals surface area contributed by atoms with Gasteiger partial charge in [0.2, 0.25) is 0 Å². The molecular weight excluding hydrogens is 166 g/mol. The van der Waals surface area contributed by atoms with Gasteiger partial charge in [0.05, 0.1) is 6.10 Å². The van der Waals surface area contributed by atoms with Gasteiger partial charge in [-0.3, -0.25) is 0 Å². The summed E-state index contributed by atoms with van der Waals surface area (Å²) in [5, 5.41) is 18.2. The summed E-state index contributed by atoms with van der Waals surface area (Å²) in [4.78, 5) is 0. The summed E-state index contributed by atoms with van der Waals surface area (Å²) < 4.78 is 0. The first kappa shape index (κ1) is 10.0. The number of benzene rings is 1. The summed E-state index contributed by atoms with van der Waals surface area (Å²) in [5.41, 5.74) is 6.37. The number of aliphatic hydroxyl groups excluding tert-OH is 1. The maximum absolute atomic E-state index is 9.20. The van der Waals surface area contributed by atoms with E-state index in [1.54, 1.807) is 12.1 Å². The van der Waals surface area contributed by atoms with Crippen LogP contribution in [-0.2, 0) is 6.42 Å². The Bertz CT molecular complexity index is 246. The summed E-state index contributed by atoms with van der Waals surface area (Å²) in [5.74, 6) is 0.267. The van der Waals surface area contributed by atoms with Gasteiger partial charge in [0, 0.05) is 6.54 Å². The Morgan fingerprint density at radius 1 is 1.23 bits per heavy atom. The van der Waals surface area contributed by atoms with Crippen molar-refractivity contribution in [3.63, 3.8) is 0 Å². The number of aliphatic hydroxyl groups is 1. The van der Waals surface area contributed by atoms with Gasteiger partial charge >= 0.3 is 0 Å². The van der Waals surface area contributed by atoms with E-state index in [0.717, 1.165) is 12.0 Å². The van der Waals surface area contributed by atoms with E-state index in [9.17, 15) is 5.11 Å². The van der Waals surface area contributed by atoms with Gasteiger partial charge in [0.15, 0.2) is 0 Å². The minimum atomic E-state index is -0.422. The maximum Gasteiger partial charge on any atom is 0.115 e. The Balaban J connectivity index is 2.41. The lowest BCUT2D eigenvalue weighted by atomic mass is 10.1. The van der Waals surface area contributed by atoms with Gasteiger partial charge in [-0.25, -0.2) is 0 Å². The van der Waals surface area contributed by atoms with Crippen LogP contribution in [0.15, 0.2) is 24.3 Å². The van der Waals surface area contributed by atoms with Crippen LogP contribution in [0, 0.1) is 0 Å². The molecule has 0 saturated carbocycles. The predicted octanol–water partition coefficient (Wildman–Crippen LogP) is 0.644. The van der Waals surface area contributed by atoms with Crippen molar-refractivity contribution >= 4 is 0 Å². The van der Waals surface area contributed by atoms with Crippen LogP contribution < -0.4 is 5.73 Å². The van der Waals surface area contributed by atoms with Crippen LogP contribution in [0.1, 0.15) is 12.0 Å². The molecule has 0 spiro atoms. The largest absolute Gasteiger partial charge is 0.508 e. The van der Waals surface area contributed by atoms with Crippen LogP contribution in [0.4, 0.5) is 0 Å². The number of phenolic OH excluding ortho intramolecular Hbond substituents is 1. The molecule has 0 aliphatic heterocycles. The first-order valence-corrected chi connectivity index (χ1v) is 4.38. The average Bonchev–Trinajstić information content (AvgIpc) is 2.16. The smallest absolute Gasteiger partial charge is 0.115 e. The van der Waals surface area contributed by atoms with Crippen LogP contribution in [0.2, 0.25) is 0 Å². The van der Waals surface area contributed by atoms with Crippen molar-refractivity contribution in [3.05, 3.63) is 29.8 Å². The lowest BCUT2D eigenvalue weighted by Gasteiger charge is -2.06. The fourth-order valence-corrected chi connectivity index (χ4v) is 1.11. The second-order valence-corrected chi connectivity index (χ2v) is 3.09. The third-order valence-corrected chi connectivity index (χ3v) is 1.97. The highest BCUT2D eigenvalue weighted by Crippen LogP contribution is 2.11. The zero-order valence-corrected chi connectivity index (χ0v) is 7.48. The number of aryl methyl sites for hydroxylation is 1. The minimum Gasteiger partial charge on any atom is -0.508 e. The van der Waals surface area contributed by atoms with E-state index in [-0.39, 0.29) is 5.75 Å². The molecule has 0 amide bonds. The molecule has 3 heteroatoms. The number of hydrogen-bond donors (Lipinski definition) is 3. The normalized spacial score (nSPS) is 12.8. The summed E-state index contributed by atoms with van der Waals surface area (Å²) in [6.07, 6.45) is 1.04. The summed E-state index contributed by atoms with van der Waals surface area (Å²) in [6.45, 7) is 0.304. The van der Waals surface area contributed by atoms with Crippen molar-refractivity contribution in [1.29, 1.82) is 0 Å². The van der Waals surface area contributed by atoms with Gasteiger partial charge in [-0.05, 0) is 30.5 Å². The molecule has 0 saturated heterocycles. The molecule has 0 aliphatic rings. The Kier molecular flexibility index (Phi) is 3.73. The first-order chi connectivity index (χ1) is 6.22. The van der Waals surface area contributed by atoms with E-state index in [1.807, 2.05) is 12.1 Å². The molecule has 1 rings (SSSR count).